The molecule has 10 heteroatoms. The van der Waals surface area contributed by atoms with Crippen LogP contribution in [0.2, 0.25) is 0 Å². The average molecular weight is 502 g/mol. The van der Waals surface area contributed by atoms with Crippen molar-refractivity contribution < 1.29 is 0 Å². The molecule has 0 radical (unpaired) electrons. The highest BCUT2D eigenvalue weighted by Gasteiger charge is 2.23. The number of likely N-dealkylation sites (N-methyl/N-ethyl adjacent to an activating group) is 1. The third-order valence-electron chi connectivity index (χ3n) is 7.63. The number of piperidine rings is 1. The van der Waals surface area contributed by atoms with Gasteiger partial charge in [-0.15, -0.1) is 0 Å². The van der Waals surface area contributed by atoms with E-state index < -0.39 is 0 Å². The summed E-state index contributed by atoms with van der Waals surface area (Å²) in [5, 5.41) is 19.2. The Morgan fingerprint density at radius 3 is 2.49 bits per heavy atom. The van der Waals surface area contributed by atoms with Crippen LogP contribution in [-0.2, 0) is 6.42 Å². The molecule has 10 nitrogen and oxygen atoms in total. The van der Waals surface area contributed by atoms with Gasteiger partial charge in [0.2, 0.25) is 5.95 Å². The molecule has 4 heterocycles. The SMILES string of the molecule is CCN1CCN(CCc2ccc(Nc3nc(N4CCC(CC#N)CC4)nc4cn[nH]c(=O)c34)cc2)CC1. The molecule has 2 saturated heterocycles. The van der Waals surface area contributed by atoms with Crippen molar-refractivity contribution >= 4 is 28.4 Å². The van der Waals surface area contributed by atoms with E-state index in [4.69, 9.17) is 10.2 Å². The molecule has 3 aromatic rings. The molecule has 0 spiro atoms. The minimum absolute atomic E-state index is 0.320. The van der Waals surface area contributed by atoms with Crippen LogP contribution < -0.4 is 15.8 Å². The van der Waals surface area contributed by atoms with Crippen LogP contribution in [0.3, 0.4) is 0 Å². The summed E-state index contributed by atoms with van der Waals surface area (Å²) in [6.07, 6.45) is 5.03. The molecule has 2 fully saturated rings. The number of nitrogens with one attached hydrogen (secondary N) is 2. The van der Waals surface area contributed by atoms with Gasteiger partial charge >= 0.3 is 0 Å². The molecule has 0 atom stereocenters. The fourth-order valence-corrected chi connectivity index (χ4v) is 5.20. The molecule has 2 aromatic heterocycles. The maximum atomic E-state index is 12.6. The normalized spacial score (nSPS) is 17.7. The van der Waals surface area contributed by atoms with Gasteiger partial charge in [0.1, 0.15) is 16.7 Å². The first-order valence-electron chi connectivity index (χ1n) is 13.3. The topological polar surface area (TPSA) is 117 Å². The van der Waals surface area contributed by atoms with Crippen molar-refractivity contribution in [3.05, 3.63) is 46.4 Å². The molecule has 194 valence electrons. The molecular formula is C27H35N9O. The van der Waals surface area contributed by atoms with Crippen molar-refractivity contribution in [3.63, 3.8) is 0 Å². The number of rotatable bonds is 8. The second-order valence-electron chi connectivity index (χ2n) is 9.97. The molecule has 0 unspecified atom stereocenters. The van der Waals surface area contributed by atoms with E-state index in [-0.39, 0.29) is 5.56 Å². The van der Waals surface area contributed by atoms with Gasteiger partial charge in [0.25, 0.3) is 5.56 Å². The third kappa shape index (κ3) is 6.06. The first-order valence-corrected chi connectivity index (χ1v) is 13.3. The molecule has 0 bridgehead atoms. The standard InChI is InChI=1S/C27H35N9O/c1-2-34-15-17-35(18-16-34)12-8-20-3-5-22(6-4-20)30-25-24-23(19-29-33-26(24)37)31-27(32-25)36-13-9-21(7-11-28)10-14-36/h3-6,19,21H,2,7-10,12-18H2,1H3,(H,33,37)(H,30,31,32). The van der Waals surface area contributed by atoms with Crippen LogP contribution in [0, 0.1) is 17.2 Å². The van der Waals surface area contributed by atoms with E-state index in [0.29, 0.717) is 35.0 Å². The van der Waals surface area contributed by atoms with Gasteiger partial charge in [0, 0.05) is 57.9 Å². The van der Waals surface area contributed by atoms with Gasteiger partial charge in [-0.2, -0.15) is 15.3 Å². The van der Waals surface area contributed by atoms with E-state index in [1.165, 1.54) is 5.56 Å². The minimum atomic E-state index is -0.320. The Bertz CT molecular complexity index is 1280. The van der Waals surface area contributed by atoms with Gasteiger partial charge in [-0.1, -0.05) is 19.1 Å². The second kappa shape index (κ2) is 11.7. The number of H-pyrrole nitrogens is 1. The van der Waals surface area contributed by atoms with Gasteiger partial charge in [0.15, 0.2) is 0 Å². The zero-order valence-electron chi connectivity index (χ0n) is 21.5. The van der Waals surface area contributed by atoms with Crippen LogP contribution >= 0.6 is 0 Å². The molecule has 2 aliphatic heterocycles. The lowest BCUT2D eigenvalue weighted by Crippen LogP contribution is -2.46. The van der Waals surface area contributed by atoms with Crippen molar-refractivity contribution in [2.24, 2.45) is 5.92 Å². The monoisotopic (exact) mass is 501 g/mol. The summed E-state index contributed by atoms with van der Waals surface area (Å²) in [4.78, 5) is 29.2. The summed E-state index contributed by atoms with van der Waals surface area (Å²) in [6, 6.07) is 10.6. The number of aromatic amines is 1. The van der Waals surface area contributed by atoms with E-state index in [0.717, 1.165) is 77.3 Å². The summed E-state index contributed by atoms with van der Waals surface area (Å²) in [5.41, 5.74) is 2.35. The first kappa shape index (κ1) is 25.1. The second-order valence-corrected chi connectivity index (χ2v) is 9.97. The van der Waals surface area contributed by atoms with Crippen molar-refractivity contribution in [2.45, 2.75) is 32.6 Å². The highest BCUT2D eigenvalue weighted by atomic mass is 16.1. The van der Waals surface area contributed by atoms with Crippen molar-refractivity contribution in [1.29, 1.82) is 5.26 Å². The minimum Gasteiger partial charge on any atom is -0.341 e. The predicted octanol–water partition coefficient (Wildman–Crippen LogP) is 2.77. The lowest BCUT2D eigenvalue weighted by Gasteiger charge is -2.34. The zero-order chi connectivity index (χ0) is 25.6. The lowest BCUT2D eigenvalue weighted by atomic mass is 9.94. The lowest BCUT2D eigenvalue weighted by molar-refractivity contribution is 0.138. The van der Waals surface area contributed by atoms with Gasteiger partial charge in [0.05, 0.1) is 12.3 Å². The molecule has 37 heavy (non-hydrogen) atoms. The van der Waals surface area contributed by atoms with Gasteiger partial charge < -0.3 is 20.0 Å². The summed E-state index contributed by atoms with van der Waals surface area (Å²) in [7, 11) is 0. The number of nitrogens with zero attached hydrogens (tertiary/aromatic N) is 7. The fraction of sp³-hybridized carbons (Fsp3) is 0.519. The molecule has 0 saturated carbocycles. The summed E-state index contributed by atoms with van der Waals surface area (Å²) in [5.74, 6) is 1.48. The quantitative estimate of drug-likeness (QED) is 0.480. The van der Waals surface area contributed by atoms with Crippen LogP contribution in [0.5, 0.6) is 0 Å². The number of aromatic nitrogens is 4. The van der Waals surface area contributed by atoms with Crippen LogP contribution in [0.25, 0.3) is 10.9 Å². The third-order valence-corrected chi connectivity index (χ3v) is 7.63. The molecule has 2 aliphatic rings. The highest BCUT2D eigenvalue weighted by molar-refractivity contribution is 5.90. The molecule has 2 N–H and O–H groups in total. The molecule has 5 rings (SSSR count). The number of benzene rings is 1. The largest absolute Gasteiger partial charge is 0.341 e. The highest BCUT2D eigenvalue weighted by Crippen LogP contribution is 2.27. The number of hydrogen-bond acceptors (Lipinski definition) is 9. The van der Waals surface area contributed by atoms with E-state index in [1.54, 1.807) is 6.20 Å². The van der Waals surface area contributed by atoms with Crippen LogP contribution in [0.1, 0.15) is 31.7 Å². The summed E-state index contributed by atoms with van der Waals surface area (Å²) in [6.45, 7) is 10.6. The van der Waals surface area contributed by atoms with Crippen molar-refractivity contribution in [2.75, 3.05) is 62.6 Å². The van der Waals surface area contributed by atoms with E-state index in [1.807, 2.05) is 12.1 Å². The maximum absolute atomic E-state index is 12.6. The predicted molar refractivity (Wildman–Crippen MR) is 145 cm³/mol. The van der Waals surface area contributed by atoms with Gasteiger partial charge in [-0.05, 0) is 49.4 Å². The smallest absolute Gasteiger partial charge is 0.277 e. The Morgan fingerprint density at radius 1 is 1.05 bits per heavy atom. The average Bonchev–Trinajstić information content (AvgIpc) is 2.93. The number of hydrogen-bond donors (Lipinski definition) is 2. The van der Waals surface area contributed by atoms with Gasteiger partial charge in [-0.25, -0.2) is 10.1 Å². The van der Waals surface area contributed by atoms with E-state index in [2.05, 4.69) is 60.3 Å². The van der Waals surface area contributed by atoms with Crippen LogP contribution in [0.4, 0.5) is 17.5 Å². The van der Waals surface area contributed by atoms with E-state index >= 15 is 0 Å². The summed E-state index contributed by atoms with van der Waals surface area (Å²) >= 11 is 0. The maximum Gasteiger partial charge on any atom is 0.277 e. The van der Waals surface area contributed by atoms with Crippen molar-refractivity contribution in [3.8, 4) is 6.07 Å². The Balaban J connectivity index is 1.29. The number of piperazine rings is 1. The first-order chi connectivity index (χ1) is 18.1. The van der Waals surface area contributed by atoms with Crippen molar-refractivity contribution in [1.82, 2.24) is 30.0 Å². The Labute approximate surface area is 217 Å². The summed E-state index contributed by atoms with van der Waals surface area (Å²) < 4.78 is 0. The Hall–Kier alpha value is -3.55. The van der Waals surface area contributed by atoms with E-state index in [9.17, 15) is 4.79 Å². The zero-order valence-corrected chi connectivity index (χ0v) is 21.5. The van der Waals surface area contributed by atoms with Gasteiger partial charge in [-0.3, -0.25) is 4.79 Å². The molecule has 0 amide bonds. The number of nitriles is 1. The number of fused-ring (bicyclic) bond motifs is 1. The van der Waals surface area contributed by atoms with Crippen LogP contribution in [-0.4, -0.2) is 82.3 Å². The number of anilines is 3. The Morgan fingerprint density at radius 2 is 1.78 bits per heavy atom. The molecule has 0 aliphatic carbocycles. The molecular weight excluding hydrogens is 466 g/mol. The fourth-order valence-electron chi connectivity index (χ4n) is 5.20. The molecule has 1 aromatic carbocycles. The van der Waals surface area contributed by atoms with Crippen LogP contribution in [0.15, 0.2) is 35.3 Å². The Kier molecular flexibility index (Phi) is 7.92.